The van der Waals surface area contributed by atoms with E-state index in [1.807, 2.05) is 30.3 Å². The minimum atomic E-state index is 0.240. The minimum absolute atomic E-state index is 0.240. The van der Waals surface area contributed by atoms with Crippen LogP contribution in [0, 0.1) is 0 Å². The fourth-order valence-electron chi connectivity index (χ4n) is 2.85. The van der Waals surface area contributed by atoms with Crippen LogP contribution in [0.2, 0.25) is 0 Å². The minimum Gasteiger partial charge on any atom is -0.493 e. The molecule has 0 aliphatic heterocycles. The van der Waals surface area contributed by atoms with E-state index in [9.17, 15) is 4.79 Å². The number of benzene rings is 2. The van der Waals surface area contributed by atoms with Gasteiger partial charge in [-0.1, -0.05) is 36.4 Å². The van der Waals surface area contributed by atoms with Gasteiger partial charge in [0.2, 0.25) is 0 Å². The van der Waals surface area contributed by atoms with E-state index in [2.05, 4.69) is 18.2 Å². The molecule has 2 heteroatoms. The van der Waals surface area contributed by atoms with Gasteiger partial charge in [0.1, 0.15) is 11.5 Å². The third kappa shape index (κ3) is 3.72. The molecule has 0 aromatic heterocycles. The van der Waals surface area contributed by atoms with Crippen LogP contribution in [-0.4, -0.2) is 12.4 Å². The van der Waals surface area contributed by atoms with Crippen molar-refractivity contribution in [3.63, 3.8) is 0 Å². The molecule has 2 nitrogen and oxygen atoms in total. The standard InChI is InChI=1S/C19H20O2/c20-18(11-12-21-19-7-2-1-3-8-19)14-15-9-10-16-5-4-6-17(16)13-15/h1-3,7-10,13H,4-6,11-12,14H2. The van der Waals surface area contributed by atoms with E-state index in [1.165, 1.54) is 24.0 Å². The van der Waals surface area contributed by atoms with E-state index >= 15 is 0 Å². The first kappa shape index (κ1) is 13.9. The second-order valence-electron chi connectivity index (χ2n) is 5.58. The van der Waals surface area contributed by atoms with Gasteiger partial charge in [0.05, 0.1) is 6.61 Å². The van der Waals surface area contributed by atoms with Crippen molar-refractivity contribution in [2.75, 3.05) is 6.61 Å². The predicted octanol–water partition coefficient (Wildman–Crippen LogP) is 3.76. The average molecular weight is 280 g/mol. The Labute approximate surface area is 125 Å². The number of ether oxygens (including phenoxy) is 1. The molecule has 3 rings (SSSR count). The Bertz CT molecular complexity index is 617. The quantitative estimate of drug-likeness (QED) is 0.805. The largest absolute Gasteiger partial charge is 0.493 e. The Kier molecular flexibility index (Phi) is 4.34. The van der Waals surface area contributed by atoms with Gasteiger partial charge in [0, 0.05) is 12.8 Å². The number of Topliss-reactive ketones (excluding diaryl/α,β-unsaturated/α-hetero) is 1. The summed E-state index contributed by atoms with van der Waals surface area (Å²) in [5.74, 6) is 1.06. The molecule has 108 valence electrons. The van der Waals surface area contributed by atoms with Gasteiger partial charge in [0.25, 0.3) is 0 Å². The Morgan fingerprint density at radius 2 is 1.81 bits per heavy atom. The lowest BCUT2D eigenvalue weighted by atomic mass is 10.0. The molecule has 0 bridgehead atoms. The number of hydrogen-bond acceptors (Lipinski definition) is 2. The first-order valence-electron chi connectivity index (χ1n) is 7.61. The SMILES string of the molecule is O=C(CCOc1ccccc1)Cc1ccc2c(c1)CCC2. The van der Waals surface area contributed by atoms with Gasteiger partial charge in [-0.2, -0.15) is 0 Å². The van der Waals surface area contributed by atoms with Crippen molar-refractivity contribution in [1.29, 1.82) is 0 Å². The third-order valence-electron chi connectivity index (χ3n) is 3.96. The van der Waals surface area contributed by atoms with Gasteiger partial charge in [-0.25, -0.2) is 0 Å². The number of carbonyl (C=O) groups is 1. The van der Waals surface area contributed by atoms with Crippen LogP contribution in [-0.2, 0) is 24.1 Å². The Morgan fingerprint density at radius 1 is 1.00 bits per heavy atom. The topological polar surface area (TPSA) is 26.3 Å². The van der Waals surface area contributed by atoms with Crippen LogP contribution in [0.15, 0.2) is 48.5 Å². The van der Waals surface area contributed by atoms with Crippen molar-refractivity contribution in [3.05, 3.63) is 65.2 Å². The maximum Gasteiger partial charge on any atom is 0.140 e. The van der Waals surface area contributed by atoms with E-state index in [1.54, 1.807) is 0 Å². The van der Waals surface area contributed by atoms with Crippen LogP contribution in [0.4, 0.5) is 0 Å². The van der Waals surface area contributed by atoms with E-state index in [-0.39, 0.29) is 5.78 Å². The molecule has 0 amide bonds. The molecule has 21 heavy (non-hydrogen) atoms. The first-order valence-corrected chi connectivity index (χ1v) is 7.61. The van der Waals surface area contributed by atoms with Crippen LogP contribution < -0.4 is 4.74 Å². The molecule has 0 heterocycles. The summed E-state index contributed by atoms with van der Waals surface area (Å²) in [5, 5.41) is 0. The molecular formula is C19H20O2. The van der Waals surface area contributed by atoms with Crippen molar-refractivity contribution in [2.45, 2.75) is 32.1 Å². The van der Waals surface area contributed by atoms with Gasteiger partial charge >= 0.3 is 0 Å². The number of ketones is 1. The van der Waals surface area contributed by atoms with Crippen LogP contribution in [0.5, 0.6) is 5.75 Å². The van der Waals surface area contributed by atoms with E-state index < -0.39 is 0 Å². The highest BCUT2D eigenvalue weighted by Crippen LogP contribution is 2.23. The van der Waals surface area contributed by atoms with Crippen molar-refractivity contribution in [1.82, 2.24) is 0 Å². The van der Waals surface area contributed by atoms with Crippen LogP contribution in [0.1, 0.15) is 29.5 Å². The first-order chi connectivity index (χ1) is 10.3. The molecule has 0 radical (unpaired) electrons. The lowest BCUT2D eigenvalue weighted by Crippen LogP contribution is -2.09. The average Bonchev–Trinajstić information content (AvgIpc) is 2.96. The number of carbonyl (C=O) groups excluding carboxylic acids is 1. The summed E-state index contributed by atoms with van der Waals surface area (Å²) in [6, 6.07) is 16.1. The highest BCUT2D eigenvalue weighted by molar-refractivity contribution is 5.81. The molecular weight excluding hydrogens is 260 g/mol. The lowest BCUT2D eigenvalue weighted by molar-refractivity contribution is -0.118. The fraction of sp³-hybridized carbons (Fsp3) is 0.316. The molecule has 1 aliphatic rings. The molecule has 0 fully saturated rings. The monoisotopic (exact) mass is 280 g/mol. The number of fused-ring (bicyclic) bond motifs is 1. The zero-order valence-electron chi connectivity index (χ0n) is 12.2. The normalized spacial score (nSPS) is 13.0. The molecule has 0 saturated heterocycles. The van der Waals surface area contributed by atoms with Crippen molar-refractivity contribution >= 4 is 5.78 Å². The van der Waals surface area contributed by atoms with E-state index in [4.69, 9.17) is 4.74 Å². The predicted molar refractivity (Wildman–Crippen MR) is 83.7 cm³/mol. The summed E-state index contributed by atoms with van der Waals surface area (Å²) < 4.78 is 5.57. The lowest BCUT2D eigenvalue weighted by Gasteiger charge is -2.06. The van der Waals surface area contributed by atoms with Crippen LogP contribution >= 0.6 is 0 Å². The summed E-state index contributed by atoms with van der Waals surface area (Å²) >= 11 is 0. The van der Waals surface area contributed by atoms with Gasteiger partial charge in [0.15, 0.2) is 0 Å². The number of para-hydroxylation sites is 1. The zero-order chi connectivity index (χ0) is 14.5. The van der Waals surface area contributed by atoms with E-state index in [0.29, 0.717) is 19.4 Å². The molecule has 0 saturated carbocycles. The smallest absolute Gasteiger partial charge is 0.140 e. The van der Waals surface area contributed by atoms with E-state index in [0.717, 1.165) is 17.7 Å². The van der Waals surface area contributed by atoms with Crippen LogP contribution in [0.25, 0.3) is 0 Å². The fourth-order valence-corrected chi connectivity index (χ4v) is 2.85. The molecule has 1 aliphatic carbocycles. The summed E-state index contributed by atoms with van der Waals surface area (Å²) in [5.41, 5.74) is 4.03. The zero-order valence-corrected chi connectivity index (χ0v) is 12.2. The summed E-state index contributed by atoms with van der Waals surface area (Å²) in [6.45, 7) is 0.452. The highest BCUT2D eigenvalue weighted by atomic mass is 16.5. The summed E-state index contributed by atoms with van der Waals surface area (Å²) in [4.78, 5) is 12.0. The second kappa shape index (κ2) is 6.57. The molecule has 2 aromatic rings. The van der Waals surface area contributed by atoms with Crippen molar-refractivity contribution in [2.24, 2.45) is 0 Å². The Morgan fingerprint density at radius 3 is 2.67 bits per heavy atom. The van der Waals surface area contributed by atoms with Gasteiger partial charge < -0.3 is 4.74 Å². The molecule has 0 atom stereocenters. The maximum atomic E-state index is 12.0. The molecule has 2 aromatic carbocycles. The maximum absolute atomic E-state index is 12.0. The number of hydrogen-bond donors (Lipinski definition) is 0. The number of rotatable bonds is 6. The Hall–Kier alpha value is -2.09. The van der Waals surface area contributed by atoms with Crippen molar-refractivity contribution in [3.8, 4) is 5.75 Å². The molecule has 0 spiro atoms. The molecule has 0 N–H and O–H groups in total. The Balaban J connectivity index is 1.48. The van der Waals surface area contributed by atoms with Gasteiger partial charge in [-0.3, -0.25) is 4.79 Å². The van der Waals surface area contributed by atoms with Gasteiger partial charge in [-0.15, -0.1) is 0 Å². The van der Waals surface area contributed by atoms with Crippen molar-refractivity contribution < 1.29 is 9.53 Å². The number of aryl methyl sites for hydroxylation is 2. The molecule has 0 unspecified atom stereocenters. The highest BCUT2D eigenvalue weighted by Gasteiger charge is 2.12. The second-order valence-corrected chi connectivity index (χ2v) is 5.58. The van der Waals surface area contributed by atoms with Gasteiger partial charge in [-0.05, 0) is 48.1 Å². The summed E-state index contributed by atoms with van der Waals surface area (Å²) in [7, 11) is 0. The third-order valence-corrected chi connectivity index (χ3v) is 3.96. The van der Waals surface area contributed by atoms with Crippen LogP contribution in [0.3, 0.4) is 0 Å². The summed E-state index contributed by atoms with van der Waals surface area (Å²) in [6.07, 6.45) is 4.58.